The summed E-state index contributed by atoms with van der Waals surface area (Å²) in [6, 6.07) is 6.04. The highest BCUT2D eigenvalue weighted by atomic mass is 79.9. The molecule has 0 radical (unpaired) electrons. The number of nitriles is 1. The Labute approximate surface area is 116 Å². The van der Waals surface area contributed by atoms with Crippen molar-refractivity contribution in [2.75, 3.05) is 6.61 Å². The molecule has 0 aromatic heterocycles. The summed E-state index contributed by atoms with van der Waals surface area (Å²) >= 11 is 3.38. The smallest absolute Gasteiger partial charge is 0.310 e. The lowest BCUT2D eigenvalue weighted by Gasteiger charge is -2.10. The van der Waals surface area contributed by atoms with Crippen LogP contribution in [0.2, 0.25) is 0 Å². The minimum Gasteiger partial charge on any atom is -0.466 e. The zero-order chi connectivity index (χ0) is 13.5. The van der Waals surface area contributed by atoms with Crippen LogP contribution in [-0.4, -0.2) is 12.6 Å². The van der Waals surface area contributed by atoms with Crippen molar-refractivity contribution in [2.24, 2.45) is 0 Å². The minimum atomic E-state index is -0.232. The van der Waals surface area contributed by atoms with E-state index >= 15 is 0 Å². The molecule has 96 valence electrons. The number of alkyl halides is 1. The molecule has 0 saturated heterocycles. The molecule has 0 atom stereocenters. The number of carbonyl (C=O) groups excluding carboxylic acids is 1. The Morgan fingerprint density at radius 3 is 2.56 bits per heavy atom. The molecular formula is C14H16BrNO2. The predicted molar refractivity (Wildman–Crippen MR) is 73.5 cm³/mol. The van der Waals surface area contributed by atoms with Gasteiger partial charge in [0, 0.05) is 5.33 Å². The molecule has 1 aromatic carbocycles. The standard InChI is InChI=1S/C14H16BrNO2/c1-3-11-5-10(7-14(17)18-4-2)6-12(8-15)13(11)9-16/h5-6H,3-4,7-8H2,1-2H3. The van der Waals surface area contributed by atoms with Gasteiger partial charge < -0.3 is 4.74 Å². The molecule has 0 N–H and O–H groups in total. The monoisotopic (exact) mass is 309 g/mol. The third-order valence-corrected chi connectivity index (χ3v) is 3.26. The average molecular weight is 310 g/mol. The van der Waals surface area contributed by atoms with Crippen molar-refractivity contribution in [3.05, 3.63) is 34.4 Å². The second-order valence-electron chi connectivity index (χ2n) is 3.87. The van der Waals surface area contributed by atoms with E-state index in [1.807, 2.05) is 19.1 Å². The first-order chi connectivity index (χ1) is 8.65. The highest BCUT2D eigenvalue weighted by Gasteiger charge is 2.11. The number of nitrogens with zero attached hydrogens (tertiary/aromatic N) is 1. The molecule has 0 amide bonds. The van der Waals surface area contributed by atoms with Gasteiger partial charge in [-0.05, 0) is 30.0 Å². The Kier molecular flexibility index (Phi) is 5.87. The number of aryl methyl sites for hydroxylation is 1. The number of rotatable bonds is 5. The van der Waals surface area contributed by atoms with Crippen molar-refractivity contribution < 1.29 is 9.53 Å². The molecule has 1 aromatic rings. The van der Waals surface area contributed by atoms with Gasteiger partial charge in [-0.2, -0.15) is 5.26 Å². The van der Waals surface area contributed by atoms with Crippen molar-refractivity contribution in [1.29, 1.82) is 5.26 Å². The summed E-state index contributed by atoms with van der Waals surface area (Å²) < 4.78 is 4.93. The largest absolute Gasteiger partial charge is 0.466 e. The van der Waals surface area contributed by atoms with E-state index in [1.54, 1.807) is 6.92 Å². The van der Waals surface area contributed by atoms with Crippen LogP contribution >= 0.6 is 15.9 Å². The van der Waals surface area contributed by atoms with Crippen LogP contribution in [0.15, 0.2) is 12.1 Å². The van der Waals surface area contributed by atoms with Crippen molar-refractivity contribution in [3.63, 3.8) is 0 Å². The number of hydrogen-bond donors (Lipinski definition) is 0. The number of ether oxygens (including phenoxy) is 1. The Morgan fingerprint density at radius 2 is 2.06 bits per heavy atom. The molecule has 3 nitrogen and oxygen atoms in total. The number of hydrogen-bond acceptors (Lipinski definition) is 3. The van der Waals surface area contributed by atoms with E-state index in [2.05, 4.69) is 22.0 Å². The Hall–Kier alpha value is -1.34. The van der Waals surface area contributed by atoms with Crippen LogP contribution in [0.5, 0.6) is 0 Å². The van der Waals surface area contributed by atoms with E-state index in [0.29, 0.717) is 17.5 Å². The maximum Gasteiger partial charge on any atom is 0.310 e. The van der Waals surface area contributed by atoms with Crippen LogP contribution < -0.4 is 0 Å². The zero-order valence-electron chi connectivity index (χ0n) is 10.6. The second kappa shape index (κ2) is 7.17. The summed E-state index contributed by atoms with van der Waals surface area (Å²) in [6.07, 6.45) is 1.03. The Bertz CT molecular complexity index is 452. The van der Waals surface area contributed by atoms with E-state index in [-0.39, 0.29) is 12.4 Å². The van der Waals surface area contributed by atoms with Gasteiger partial charge in [-0.3, -0.25) is 4.79 Å². The fraction of sp³-hybridized carbons (Fsp3) is 0.429. The molecule has 0 bridgehead atoms. The van der Waals surface area contributed by atoms with Crippen molar-refractivity contribution >= 4 is 21.9 Å². The van der Waals surface area contributed by atoms with Gasteiger partial charge in [0.25, 0.3) is 0 Å². The molecule has 0 heterocycles. The van der Waals surface area contributed by atoms with Crippen LogP contribution in [0.25, 0.3) is 0 Å². The van der Waals surface area contributed by atoms with Crippen LogP contribution in [-0.2, 0) is 27.7 Å². The van der Waals surface area contributed by atoms with Gasteiger partial charge in [0.1, 0.15) is 0 Å². The Morgan fingerprint density at radius 1 is 1.39 bits per heavy atom. The summed E-state index contributed by atoms with van der Waals surface area (Å²) in [6.45, 7) is 4.18. The minimum absolute atomic E-state index is 0.232. The van der Waals surface area contributed by atoms with Gasteiger partial charge in [-0.25, -0.2) is 0 Å². The number of benzene rings is 1. The van der Waals surface area contributed by atoms with Gasteiger partial charge >= 0.3 is 5.97 Å². The maximum absolute atomic E-state index is 11.5. The third kappa shape index (κ3) is 3.58. The second-order valence-corrected chi connectivity index (χ2v) is 4.43. The van der Waals surface area contributed by atoms with Gasteiger partial charge in [0.05, 0.1) is 24.7 Å². The molecule has 0 aliphatic carbocycles. The lowest BCUT2D eigenvalue weighted by molar-refractivity contribution is -0.142. The normalized spacial score (nSPS) is 9.89. The fourth-order valence-corrected chi connectivity index (χ4v) is 2.29. The highest BCUT2D eigenvalue weighted by Crippen LogP contribution is 2.21. The summed E-state index contributed by atoms with van der Waals surface area (Å²) in [4.78, 5) is 11.5. The van der Waals surface area contributed by atoms with E-state index in [0.717, 1.165) is 23.1 Å². The summed E-state index contributed by atoms with van der Waals surface area (Å²) in [7, 11) is 0. The lowest BCUT2D eigenvalue weighted by atomic mass is 9.96. The number of carbonyl (C=O) groups is 1. The Balaban J connectivity index is 3.08. The van der Waals surface area contributed by atoms with Gasteiger partial charge in [-0.1, -0.05) is 35.0 Å². The van der Waals surface area contributed by atoms with Gasteiger partial charge in [-0.15, -0.1) is 0 Å². The van der Waals surface area contributed by atoms with Gasteiger partial charge in [0.15, 0.2) is 0 Å². The van der Waals surface area contributed by atoms with Crippen LogP contribution in [0.3, 0.4) is 0 Å². The maximum atomic E-state index is 11.5. The summed E-state index contributed by atoms with van der Waals surface area (Å²) in [5.74, 6) is -0.232. The molecule has 1 rings (SSSR count). The fourth-order valence-electron chi connectivity index (χ4n) is 1.85. The topological polar surface area (TPSA) is 50.1 Å². The molecule has 0 saturated carbocycles. The van der Waals surface area contributed by atoms with E-state index in [4.69, 9.17) is 10.00 Å². The molecule has 0 spiro atoms. The van der Waals surface area contributed by atoms with Crippen LogP contribution in [0.1, 0.15) is 36.1 Å². The first kappa shape index (κ1) is 14.7. The molecule has 4 heteroatoms. The van der Waals surface area contributed by atoms with Crippen molar-refractivity contribution in [2.45, 2.75) is 32.0 Å². The molecule has 18 heavy (non-hydrogen) atoms. The van der Waals surface area contributed by atoms with Crippen molar-refractivity contribution in [3.8, 4) is 6.07 Å². The summed E-state index contributed by atoms with van der Waals surface area (Å²) in [5, 5.41) is 9.77. The molecule has 0 aliphatic heterocycles. The first-order valence-electron chi connectivity index (χ1n) is 5.92. The number of halogens is 1. The zero-order valence-corrected chi connectivity index (χ0v) is 12.2. The molecule has 0 unspecified atom stereocenters. The quantitative estimate of drug-likeness (QED) is 0.620. The van der Waals surface area contributed by atoms with Gasteiger partial charge in [0.2, 0.25) is 0 Å². The van der Waals surface area contributed by atoms with Crippen LogP contribution in [0, 0.1) is 11.3 Å². The van der Waals surface area contributed by atoms with E-state index in [1.165, 1.54) is 0 Å². The molecule has 0 fully saturated rings. The van der Waals surface area contributed by atoms with E-state index in [9.17, 15) is 4.79 Å². The highest BCUT2D eigenvalue weighted by molar-refractivity contribution is 9.08. The lowest BCUT2D eigenvalue weighted by Crippen LogP contribution is -2.08. The molecule has 0 aliphatic rings. The van der Waals surface area contributed by atoms with Crippen LogP contribution in [0.4, 0.5) is 0 Å². The van der Waals surface area contributed by atoms with Crippen molar-refractivity contribution in [1.82, 2.24) is 0 Å². The third-order valence-electron chi connectivity index (χ3n) is 2.65. The first-order valence-corrected chi connectivity index (χ1v) is 7.04. The van der Waals surface area contributed by atoms with E-state index < -0.39 is 0 Å². The predicted octanol–water partition coefficient (Wildman–Crippen LogP) is 3.12. The average Bonchev–Trinajstić information content (AvgIpc) is 2.37. The molecular weight excluding hydrogens is 294 g/mol. The number of esters is 1. The SMILES string of the molecule is CCOC(=O)Cc1cc(CC)c(C#N)c(CBr)c1. The summed E-state index contributed by atoms with van der Waals surface area (Å²) in [5.41, 5.74) is 3.52.